The molecule has 29 heavy (non-hydrogen) atoms. The summed E-state index contributed by atoms with van der Waals surface area (Å²) < 4.78 is 16.3. The average molecular weight is 430 g/mol. The summed E-state index contributed by atoms with van der Waals surface area (Å²) in [4.78, 5) is 9.65. The van der Waals surface area contributed by atoms with Crippen LogP contribution < -0.4 is 15.2 Å². The first-order valence-corrected chi connectivity index (χ1v) is 10.2. The molecule has 8 heteroatoms. The number of halogens is 1. The molecule has 2 heterocycles. The topological polar surface area (TPSA) is 79.5 Å². The number of nitrogen functional groups attached to an aromatic ring is 1. The third kappa shape index (κ3) is 4.12. The van der Waals surface area contributed by atoms with Crippen molar-refractivity contribution in [3.05, 3.63) is 52.5 Å². The van der Waals surface area contributed by atoms with Gasteiger partial charge in [-0.1, -0.05) is 35.5 Å². The van der Waals surface area contributed by atoms with Crippen molar-refractivity contribution in [2.24, 2.45) is 0 Å². The Bertz CT molecular complexity index is 1060. The molecule has 0 aliphatic carbocycles. The number of nitrogens with zero attached hydrogens (tertiary/aromatic N) is 2. The van der Waals surface area contributed by atoms with E-state index in [1.165, 1.54) is 11.8 Å². The van der Waals surface area contributed by atoms with Gasteiger partial charge in [-0.3, -0.25) is 0 Å². The number of methoxy groups -OCH3 is 2. The smallest absolute Gasteiger partial charge is 0.221 e. The number of hydrogen-bond acceptors (Lipinski definition) is 7. The third-order valence-electron chi connectivity index (χ3n) is 4.68. The predicted molar refractivity (Wildman–Crippen MR) is 114 cm³/mol. The summed E-state index contributed by atoms with van der Waals surface area (Å²) in [5, 5.41) is 1.38. The van der Waals surface area contributed by atoms with Crippen molar-refractivity contribution < 1.29 is 14.2 Å². The van der Waals surface area contributed by atoms with E-state index >= 15 is 0 Å². The summed E-state index contributed by atoms with van der Waals surface area (Å²) in [7, 11) is 3.25. The first-order chi connectivity index (χ1) is 14.1. The van der Waals surface area contributed by atoms with Gasteiger partial charge in [-0.05, 0) is 41.8 Å². The monoisotopic (exact) mass is 429 g/mol. The Labute approximate surface area is 178 Å². The van der Waals surface area contributed by atoms with E-state index < -0.39 is 0 Å². The SMILES string of the molecule is COc1ccc(OC)c(Sc2cc(-c3ccc4c(c3Cl)CCOC4)nc(N)n2)c1. The lowest BCUT2D eigenvalue weighted by Gasteiger charge is -2.19. The van der Waals surface area contributed by atoms with E-state index in [2.05, 4.69) is 9.97 Å². The Morgan fingerprint density at radius 2 is 1.97 bits per heavy atom. The number of ether oxygens (including phenoxy) is 3. The van der Waals surface area contributed by atoms with Crippen LogP contribution in [0.4, 0.5) is 5.95 Å². The van der Waals surface area contributed by atoms with Crippen LogP contribution in [0.1, 0.15) is 11.1 Å². The quantitative estimate of drug-likeness (QED) is 0.592. The summed E-state index contributed by atoms with van der Waals surface area (Å²) in [6.45, 7) is 1.25. The normalized spacial score (nSPS) is 13.1. The number of fused-ring (bicyclic) bond motifs is 1. The summed E-state index contributed by atoms with van der Waals surface area (Å²) in [6.07, 6.45) is 0.783. The molecule has 150 valence electrons. The molecule has 4 rings (SSSR count). The lowest BCUT2D eigenvalue weighted by atomic mass is 9.98. The second kappa shape index (κ2) is 8.49. The number of anilines is 1. The number of benzene rings is 2. The minimum atomic E-state index is 0.184. The van der Waals surface area contributed by atoms with Gasteiger partial charge in [-0.2, -0.15) is 0 Å². The fourth-order valence-electron chi connectivity index (χ4n) is 3.23. The highest BCUT2D eigenvalue weighted by Crippen LogP contribution is 2.39. The summed E-state index contributed by atoms with van der Waals surface area (Å²) in [5.74, 6) is 1.64. The summed E-state index contributed by atoms with van der Waals surface area (Å²) in [5.41, 5.74) is 9.75. The van der Waals surface area contributed by atoms with E-state index in [0.717, 1.165) is 39.5 Å². The van der Waals surface area contributed by atoms with Crippen LogP contribution in [0.3, 0.4) is 0 Å². The minimum Gasteiger partial charge on any atom is -0.497 e. The van der Waals surface area contributed by atoms with Crippen molar-refractivity contribution in [2.45, 2.75) is 22.9 Å². The average Bonchev–Trinajstić information content (AvgIpc) is 2.73. The van der Waals surface area contributed by atoms with Gasteiger partial charge < -0.3 is 19.9 Å². The van der Waals surface area contributed by atoms with Crippen LogP contribution in [0.15, 0.2) is 46.3 Å². The first-order valence-electron chi connectivity index (χ1n) is 9.02. The zero-order chi connectivity index (χ0) is 20.4. The standard InChI is InChI=1S/C21H20ClN3O3S/c1-26-13-4-6-17(27-2)18(9-13)29-19-10-16(24-21(23)25-19)15-5-3-12-11-28-8-7-14(12)20(15)22/h3-6,9-10H,7-8,11H2,1-2H3,(H2,23,24,25). The Hall–Kier alpha value is -2.48. The Balaban J connectivity index is 1.73. The Morgan fingerprint density at radius 1 is 1.10 bits per heavy atom. The van der Waals surface area contributed by atoms with Crippen LogP contribution >= 0.6 is 23.4 Å². The van der Waals surface area contributed by atoms with Crippen molar-refractivity contribution in [3.8, 4) is 22.8 Å². The molecule has 0 spiro atoms. The lowest BCUT2D eigenvalue weighted by molar-refractivity contribution is 0.111. The number of aromatic nitrogens is 2. The fourth-order valence-corrected chi connectivity index (χ4v) is 4.57. The van der Waals surface area contributed by atoms with Crippen LogP contribution in [0, 0.1) is 0 Å². The molecular formula is C21H20ClN3O3S. The number of rotatable bonds is 5. The fraction of sp³-hybridized carbons (Fsp3) is 0.238. The van der Waals surface area contributed by atoms with Crippen LogP contribution in [-0.2, 0) is 17.8 Å². The van der Waals surface area contributed by atoms with Crippen molar-refractivity contribution >= 4 is 29.3 Å². The van der Waals surface area contributed by atoms with Gasteiger partial charge in [-0.25, -0.2) is 9.97 Å². The van der Waals surface area contributed by atoms with Crippen LogP contribution in [0.5, 0.6) is 11.5 Å². The molecule has 1 aromatic heterocycles. The highest BCUT2D eigenvalue weighted by Gasteiger charge is 2.18. The zero-order valence-electron chi connectivity index (χ0n) is 16.1. The molecule has 0 amide bonds. The van der Waals surface area contributed by atoms with Crippen molar-refractivity contribution in [3.63, 3.8) is 0 Å². The highest BCUT2D eigenvalue weighted by molar-refractivity contribution is 7.99. The van der Waals surface area contributed by atoms with E-state index in [0.29, 0.717) is 29.0 Å². The molecule has 0 saturated heterocycles. The molecule has 2 aromatic carbocycles. The van der Waals surface area contributed by atoms with Gasteiger partial charge >= 0.3 is 0 Å². The lowest BCUT2D eigenvalue weighted by Crippen LogP contribution is -2.10. The number of hydrogen-bond donors (Lipinski definition) is 1. The molecule has 1 aliphatic heterocycles. The van der Waals surface area contributed by atoms with Crippen LogP contribution in [-0.4, -0.2) is 30.8 Å². The molecule has 0 radical (unpaired) electrons. The van der Waals surface area contributed by atoms with E-state index in [-0.39, 0.29) is 5.95 Å². The molecule has 2 N–H and O–H groups in total. The van der Waals surface area contributed by atoms with E-state index in [1.807, 2.05) is 36.4 Å². The molecule has 3 aromatic rings. The Morgan fingerprint density at radius 3 is 2.76 bits per heavy atom. The van der Waals surface area contributed by atoms with Gasteiger partial charge in [0.2, 0.25) is 5.95 Å². The first kappa shape index (κ1) is 19.8. The summed E-state index contributed by atoms with van der Waals surface area (Å²) >= 11 is 8.14. The Kier molecular flexibility index (Phi) is 5.80. The molecule has 0 fully saturated rings. The van der Waals surface area contributed by atoms with E-state index in [1.54, 1.807) is 14.2 Å². The number of nitrogens with two attached hydrogens (primary N) is 1. The van der Waals surface area contributed by atoms with Crippen LogP contribution in [0.2, 0.25) is 5.02 Å². The van der Waals surface area contributed by atoms with Gasteiger partial charge in [-0.15, -0.1) is 0 Å². The van der Waals surface area contributed by atoms with Crippen molar-refractivity contribution in [2.75, 3.05) is 26.6 Å². The molecule has 0 atom stereocenters. The zero-order valence-corrected chi connectivity index (χ0v) is 17.6. The maximum atomic E-state index is 6.71. The van der Waals surface area contributed by atoms with Crippen molar-refractivity contribution in [1.82, 2.24) is 9.97 Å². The molecule has 1 aliphatic rings. The minimum absolute atomic E-state index is 0.184. The molecular weight excluding hydrogens is 410 g/mol. The highest BCUT2D eigenvalue weighted by atomic mass is 35.5. The van der Waals surface area contributed by atoms with E-state index in [9.17, 15) is 0 Å². The molecule has 0 saturated carbocycles. The van der Waals surface area contributed by atoms with Gasteiger partial charge in [0.05, 0.1) is 43.0 Å². The molecule has 0 bridgehead atoms. The molecule has 6 nitrogen and oxygen atoms in total. The maximum Gasteiger partial charge on any atom is 0.221 e. The predicted octanol–water partition coefficient (Wildman–Crippen LogP) is 4.62. The largest absolute Gasteiger partial charge is 0.497 e. The summed E-state index contributed by atoms with van der Waals surface area (Å²) in [6, 6.07) is 11.5. The molecule has 0 unspecified atom stereocenters. The second-order valence-electron chi connectivity index (χ2n) is 6.44. The van der Waals surface area contributed by atoms with Crippen molar-refractivity contribution in [1.29, 1.82) is 0 Å². The van der Waals surface area contributed by atoms with Gasteiger partial charge in [0, 0.05) is 5.56 Å². The maximum absolute atomic E-state index is 6.71. The van der Waals surface area contributed by atoms with Gasteiger partial charge in [0.15, 0.2) is 0 Å². The second-order valence-corrected chi connectivity index (χ2v) is 7.88. The van der Waals surface area contributed by atoms with E-state index in [4.69, 9.17) is 31.5 Å². The van der Waals surface area contributed by atoms with Gasteiger partial charge in [0.25, 0.3) is 0 Å². The van der Waals surface area contributed by atoms with Crippen LogP contribution in [0.25, 0.3) is 11.3 Å². The van der Waals surface area contributed by atoms with Gasteiger partial charge in [0.1, 0.15) is 16.5 Å². The third-order valence-corrected chi connectivity index (χ3v) is 6.06.